The van der Waals surface area contributed by atoms with Crippen LogP contribution in [-0.4, -0.2) is 61.8 Å². The van der Waals surface area contributed by atoms with Gasteiger partial charge in [-0.2, -0.15) is 4.31 Å². The molecular formula is C19H26N2O5S. The molecule has 2 aliphatic heterocycles. The average Bonchev–Trinajstić information content (AvgIpc) is 3.23. The van der Waals surface area contributed by atoms with E-state index in [9.17, 15) is 18.0 Å². The first-order chi connectivity index (χ1) is 12.9. The van der Waals surface area contributed by atoms with Gasteiger partial charge in [0.1, 0.15) is 0 Å². The lowest BCUT2D eigenvalue weighted by molar-refractivity contribution is -0.138. The van der Waals surface area contributed by atoms with Crippen molar-refractivity contribution in [3.8, 4) is 0 Å². The van der Waals surface area contributed by atoms with E-state index in [-0.39, 0.29) is 16.4 Å². The summed E-state index contributed by atoms with van der Waals surface area (Å²) in [5.41, 5.74) is 0.133. The smallest absolute Gasteiger partial charge is 0.338 e. The van der Waals surface area contributed by atoms with Crippen molar-refractivity contribution in [1.82, 2.24) is 9.21 Å². The second-order valence-corrected chi connectivity index (χ2v) is 9.01. The monoisotopic (exact) mass is 394 g/mol. The summed E-state index contributed by atoms with van der Waals surface area (Å²) in [5.74, 6) is -0.899. The van der Waals surface area contributed by atoms with Crippen LogP contribution in [0.25, 0.3) is 0 Å². The molecule has 2 saturated heterocycles. The number of hydrogen-bond donors (Lipinski definition) is 0. The fourth-order valence-corrected chi connectivity index (χ4v) is 5.07. The van der Waals surface area contributed by atoms with E-state index in [0.717, 1.165) is 32.1 Å². The summed E-state index contributed by atoms with van der Waals surface area (Å²) >= 11 is 0. The molecule has 1 amide bonds. The van der Waals surface area contributed by atoms with E-state index in [1.54, 1.807) is 11.8 Å². The van der Waals surface area contributed by atoms with E-state index in [1.165, 1.54) is 28.6 Å². The summed E-state index contributed by atoms with van der Waals surface area (Å²) in [6.07, 6.45) is 3.75. The number of esters is 1. The first-order valence-electron chi connectivity index (χ1n) is 9.49. The van der Waals surface area contributed by atoms with Crippen LogP contribution in [0.15, 0.2) is 29.2 Å². The number of piperidine rings is 1. The van der Waals surface area contributed by atoms with E-state index in [4.69, 9.17) is 4.74 Å². The molecule has 1 aromatic rings. The highest BCUT2D eigenvalue weighted by molar-refractivity contribution is 7.89. The van der Waals surface area contributed by atoms with Gasteiger partial charge >= 0.3 is 5.97 Å². The molecule has 3 rings (SSSR count). The SMILES string of the molecule is C[C@H](OC(=O)c1cccc(S(=O)(=O)N2CCCCC2)c1)C(=O)N1CCCC1. The molecule has 0 unspecified atom stereocenters. The number of ether oxygens (including phenoxy) is 1. The lowest BCUT2D eigenvalue weighted by atomic mass is 10.2. The maximum Gasteiger partial charge on any atom is 0.338 e. The summed E-state index contributed by atoms with van der Waals surface area (Å²) in [6.45, 7) is 3.91. The minimum absolute atomic E-state index is 0.0809. The first kappa shape index (κ1) is 19.8. The predicted molar refractivity (Wildman–Crippen MR) is 99.7 cm³/mol. The fourth-order valence-electron chi connectivity index (χ4n) is 3.51. The minimum Gasteiger partial charge on any atom is -0.449 e. The maximum atomic E-state index is 12.8. The fraction of sp³-hybridized carbons (Fsp3) is 0.579. The second kappa shape index (κ2) is 8.39. The minimum atomic E-state index is -3.63. The molecule has 0 N–H and O–H groups in total. The summed E-state index contributed by atoms with van der Waals surface area (Å²) in [5, 5.41) is 0. The Morgan fingerprint density at radius 3 is 2.30 bits per heavy atom. The van der Waals surface area contributed by atoms with Gasteiger partial charge in [-0.15, -0.1) is 0 Å². The standard InChI is InChI=1S/C19H26N2O5S/c1-15(18(22)20-10-5-6-11-20)26-19(23)16-8-7-9-17(14-16)27(24,25)21-12-3-2-4-13-21/h7-9,14-15H,2-6,10-13H2,1H3/t15-/m0/s1. The first-order valence-corrected chi connectivity index (χ1v) is 10.9. The Kier molecular flexibility index (Phi) is 6.16. The van der Waals surface area contributed by atoms with E-state index < -0.39 is 22.1 Å². The van der Waals surface area contributed by atoms with Crippen LogP contribution in [0, 0.1) is 0 Å². The van der Waals surface area contributed by atoms with Crippen molar-refractivity contribution in [2.45, 2.75) is 50.0 Å². The molecule has 0 aromatic heterocycles. The largest absolute Gasteiger partial charge is 0.449 e. The predicted octanol–water partition coefficient (Wildman–Crippen LogP) is 2.03. The van der Waals surface area contributed by atoms with Gasteiger partial charge in [0.25, 0.3) is 5.91 Å². The number of nitrogens with zero attached hydrogens (tertiary/aromatic N) is 2. The van der Waals surface area contributed by atoms with Crippen molar-refractivity contribution in [3.05, 3.63) is 29.8 Å². The number of benzene rings is 1. The lowest BCUT2D eigenvalue weighted by Gasteiger charge is -2.26. The molecule has 2 heterocycles. The molecule has 148 valence electrons. The third-order valence-corrected chi connectivity index (χ3v) is 6.97. The Hall–Kier alpha value is -1.93. The Labute approximate surface area is 160 Å². The number of amides is 1. The van der Waals surface area contributed by atoms with Crippen LogP contribution in [0.5, 0.6) is 0 Å². The number of carbonyl (C=O) groups excluding carboxylic acids is 2. The summed E-state index contributed by atoms with van der Waals surface area (Å²) in [7, 11) is -3.63. The highest BCUT2D eigenvalue weighted by atomic mass is 32.2. The number of carbonyl (C=O) groups is 2. The van der Waals surface area contributed by atoms with Crippen LogP contribution >= 0.6 is 0 Å². The Morgan fingerprint density at radius 2 is 1.63 bits per heavy atom. The molecular weight excluding hydrogens is 368 g/mol. The van der Waals surface area contributed by atoms with Crippen molar-refractivity contribution in [2.24, 2.45) is 0 Å². The summed E-state index contributed by atoms with van der Waals surface area (Å²) in [4.78, 5) is 26.5. The Balaban J connectivity index is 1.70. The number of rotatable bonds is 5. The molecule has 2 aliphatic rings. The van der Waals surface area contributed by atoms with Crippen LogP contribution in [0.1, 0.15) is 49.4 Å². The topological polar surface area (TPSA) is 84.0 Å². The number of sulfonamides is 1. The van der Waals surface area contributed by atoms with Gasteiger partial charge in [-0.3, -0.25) is 4.79 Å². The van der Waals surface area contributed by atoms with Gasteiger partial charge in [-0.25, -0.2) is 13.2 Å². The van der Waals surface area contributed by atoms with Crippen molar-refractivity contribution in [1.29, 1.82) is 0 Å². The summed E-state index contributed by atoms with van der Waals surface area (Å²) in [6, 6.07) is 5.85. The lowest BCUT2D eigenvalue weighted by Crippen LogP contribution is -2.38. The van der Waals surface area contributed by atoms with Crippen molar-refractivity contribution >= 4 is 21.9 Å². The molecule has 0 spiro atoms. The van der Waals surface area contributed by atoms with Gasteiger partial charge in [0.2, 0.25) is 10.0 Å². The van der Waals surface area contributed by atoms with Crippen LogP contribution < -0.4 is 0 Å². The average molecular weight is 394 g/mol. The van der Waals surface area contributed by atoms with Crippen LogP contribution in [-0.2, 0) is 19.6 Å². The molecule has 1 atom stereocenters. The number of hydrogen-bond acceptors (Lipinski definition) is 5. The third kappa shape index (κ3) is 4.50. The maximum absolute atomic E-state index is 12.8. The van der Waals surface area contributed by atoms with Gasteiger partial charge in [0, 0.05) is 26.2 Å². The number of likely N-dealkylation sites (tertiary alicyclic amines) is 1. The molecule has 0 saturated carbocycles. The van der Waals surface area contributed by atoms with Crippen molar-refractivity contribution < 1.29 is 22.7 Å². The molecule has 2 fully saturated rings. The van der Waals surface area contributed by atoms with Crippen LogP contribution in [0.4, 0.5) is 0 Å². The van der Waals surface area contributed by atoms with Crippen molar-refractivity contribution in [3.63, 3.8) is 0 Å². The normalized spacial score (nSPS) is 19.7. The molecule has 8 heteroatoms. The zero-order chi connectivity index (χ0) is 19.4. The molecule has 0 bridgehead atoms. The van der Waals surface area contributed by atoms with Crippen LogP contribution in [0.3, 0.4) is 0 Å². The van der Waals surface area contributed by atoms with Gasteiger partial charge in [0.15, 0.2) is 6.10 Å². The Morgan fingerprint density at radius 1 is 1.00 bits per heavy atom. The zero-order valence-electron chi connectivity index (χ0n) is 15.6. The highest BCUT2D eigenvalue weighted by Crippen LogP contribution is 2.22. The zero-order valence-corrected chi connectivity index (χ0v) is 16.4. The molecule has 27 heavy (non-hydrogen) atoms. The van der Waals surface area contributed by atoms with Crippen LogP contribution in [0.2, 0.25) is 0 Å². The molecule has 0 aliphatic carbocycles. The second-order valence-electron chi connectivity index (χ2n) is 7.07. The summed E-state index contributed by atoms with van der Waals surface area (Å²) < 4.78 is 32.3. The quantitative estimate of drug-likeness (QED) is 0.714. The van der Waals surface area contributed by atoms with E-state index in [1.807, 2.05) is 0 Å². The van der Waals surface area contributed by atoms with Gasteiger partial charge in [-0.1, -0.05) is 12.5 Å². The Bertz CT molecular complexity index is 796. The van der Waals surface area contributed by atoms with Gasteiger partial charge in [0.05, 0.1) is 10.5 Å². The van der Waals surface area contributed by atoms with E-state index in [0.29, 0.717) is 26.2 Å². The van der Waals surface area contributed by atoms with Crippen molar-refractivity contribution in [2.75, 3.05) is 26.2 Å². The molecule has 0 radical (unpaired) electrons. The van der Waals surface area contributed by atoms with E-state index >= 15 is 0 Å². The van der Waals surface area contributed by atoms with E-state index in [2.05, 4.69) is 0 Å². The highest BCUT2D eigenvalue weighted by Gasteiger charge is 2.28. The molecule has 7 nitrogen and oxygen atoms in total. The van der Waals surface area contributed by atoms with Gasteiger partial charge in [-0.05, 0) is 50.8 Å². The third-order valence-electron chi connectivity index (χ3n) is 5.07. The molecule has 1 aromatic carbocycles. The van der Waals surface area contributed by atoms with Gasteiger partial charge < -0.3 is 9.64 Å².